The molecule has 0 aliphatic rings. The number of aromatic nitrogens is 6. The van der Waals surface area contributed by atoms with Crippen LogP contribution in [0.15, 0.2) is 103 Å². The molecule has 0 unspecified atom stereocenters. The van der Waals surface area contributed by atoms with Gasteiger partial charge in [-0.3, -0.25) is 28.6 Å². The first-order chi connectivity index (χ1) is 19.3. The second kappa shape index (κ2) is 10.0. The largest absolute Gasteiger partial charge is 0.286 e. The van der Waals surface area contributed by atoms with Crippen LogP contribution < -0.4 is 10.3 Å². The van der Waals surface area contributed by atoms with Crippen LogP contribution in [0.2, 0.25) is 5.02 Å². The number of fused-ring (bicyclic) bond motifs is 1. The van der Waals surface area contributed by atoms with E-state index in [2.05, 4.69) is 19.7 Å². The number of hydrogen-bond donors (Lipinski definition) is 1. The molecule has 0 radical (unpaired) electrons. The highest BCUT2D eigenvalue weighted by molar-refractivity contribution is 7.92. The molecule has 0 atom stereocenters. The van der Waals surface area contributed by atoms with Crippen LogP contribution in [0.5, 0.6) is 0 Å². The Kier molecular flexibility index (Phi) is 6.37. The molecule has 1 N–H and O–H groups in total. The zero-order chi connectivity index (χ0) is 27.9. The smallest absolute Gasteiger partial charge is 0.284 e. The first-order valence-corrected chi connectivity index (χ1v) is 14.2. The molecule has 6 rings (SSSR count). The van der Waals surface area contributed by atoms with E-state index in [4.69, 9.17) is 16.6 Å². The summed E-state index contributed by atoms with van der Waals surface area (Å²) in [5, 5.41) is 0.535. The number of hydrogen-bond acceptors (Lipinski definition) is 7. The Morgan fingerprint density at radius 2 is 1.62 bits per heavy atom. The standard InChI is InChI=1S/C28H20ClN7O3S/c1-40(38,39)34-21-3-2-4-23(15-21)35-17-32-25-27(35)33-26(36(28(25)37)22-11-9-20(29)10-12-22)19-7-5-18(6-8-19)24-16-30-13-14-31-24/h2-17,34H,1H3. The van der Waals surface area contributed by atoms with E-state index in [-0.39, 0.29) is 11.1 Å². The van der Waals surface area contributed by atoms with Gasteiger partial charge >= 0.3 is 0 Å². The van der Waals surface area contributed by atoms with Crippen molar-refractivity contribution in [3.8, 4) is 34.0 Å². The number of benzene rings is 3. The van der Waals surface area contributed by atoms with E-state index in [1.165, 1.54) is 10.9 Å². The maximum Gasteiger partial charge on any atom is 0.286 e. The minimum Gasteiger partial charge on any atom is -0.284 e. The number of sulfonamides is 1. The van der Waals surface area contributed by atoms with E-state index < -0.39 is 10.0 Å². The molecule has 0 saturated heterocycles. The van der Waals surface area contributed by atoms with Gasteiger partial charge in [-0.05, 0) is 42.5 Å². The highest BCUT2D eigenvalue weighted by atomic mass is 35.5. The monoisotopic (exact) mass is 569 g/mol. The lowest BCUT2D eigenvalue weighted by Crippen LogP contribution is -2.22. The van der Waals surface area contributed by atoms with Gasteiger partial charge in [0.25, 0.3) is 5.56 Å². The average Bonchev–Trinajstić information content (AvgIpc) is 3.38. The quantitative estimate of drug-likeness (QED) is 0.308. The highest BCUT2D eigenvalue weighted by Gasteiger charge is 2.19. The van der Waals surface area contributed by atoms with Crippen molar-refractivity contribution in [2.24, 2.45) is 0 Å². The van der Waals surface area contributed by atoms with Gasteiger partial charge in [0.2, 0.25) is 10.0 Å². The minimum absolute atomic E-state index is 0.149. The third-order valence-corrected chi connectivity index (χ3v) is 6.94. The van der Waals surface area contributed by atoms with E-state index in [0.29, 0.717) is 44.8 Å². The van der Waals surface area contributed by atoms with Gasteiger partial charge in [0.15, 0.2) is 11.2 Å². The van der Waals surface area contributed by atoms with Gasteiger partial charge in [0.05, 0.1) is 35.2 Å². The Morgan fingerprint density at radius 3 is 2.33 bits per heavy atom. The maximum atomic E-state index is 13.9. The molecule has 12 heteroatoms. The van der Waals surface area contributed by atoms with Crippen LogP contribution in [0.25, 0.3) is 45.2 Å². The predicted molar refractivity (Wildman–Crippen MR) is 154 cm³/mol. The summed E-state index contributed by atoms with van der Waals surface area (Å²) in [6.45, 7) is 0. The number of nitrogens with zero attached hydrogens (tertiary/aromatic N) is 6. The maximum absolute atomic E-state index is 13.9. The summed E-state index contributed by atoms with van der Waals surface area (Å²) in [6.07, 6.45) is 7.48. The Labute approximate surface area is 233 Å². The van der Waals surface area contributed by atoms with Gasteiger partial charge in [0, 0.05) is 28.5 Å². The summed E-state index contributed by atoms with van der Waals surface area (Å²) in [6, 6.07) is 21.1. The Morgan fingerprint density at radius 1 is 0.875 bits per heavy atom. The van der Waals surface area contributed by atoms with Crippen LogP contribution in [-0.4, -0.2) is 43.7 Å². The van der Waals surface area contributed by atoms with Crippen molar-refractivity contribution in [1.82, 2.24) is 29.1 Å². The van der Waals surface area contributed by atoms with E-state index in [0.717, 1.165) is 11.8 Å². The van der Waals surface area contributed by atoms with Crippen LogP contribution in [0.4, 0.5) is 5.69 Å². The Bertz CT molecular complexity index is 2020. The zero-order valence-corrected chi connectivity index (χ0v) is 22.5. The van der Waals surface area contributed by atoms with Crippen molar-refractivity contribution in [2.45, 2.75) is 0 Å². The summed E-state index contributed by atoms with van der Waals surface area (Å²) in [4.78, 5) is 31.7. The van der Waals surface area contributed by atoms with Crippen molar-refractivity contribution in [3.05, 3.63) is 113 Å². The minimum atomic E-state index is -3.48. The molecule has 198 valence electrons. The predicted octanol–water partition coefficient (Wildman–Crippen LogP) is 4.72. The summed E-state index contributed by atoms with van der Waals surface area (Å²) >= 11 is 6.12. The fourth-order valence-electron chi connectivity index (χ4n) is 4.34. The molecular formula is C28H20ClN7O3S. The molecule has 0 aliphatic carbocycles. The van der Waals surface area contributed by atoms with Gasteiger partial charge in [-0.2, -0.15) is 0 Å². The van der Waals surface area contributed by atoms with Crippen molar-refractivity contribution < 1.29 is 8.42 Å². The van der Waals surface area contributed by atoms with Crippen molar-refractivity contribution in [2.75, 3.05) is 11.0 Å². The van der Waals surface area contributed by atoms with Gasteiger partial charge in [-0.1, -0.05) is 41.9 Å². The van der Waals surface area contributed by atoms with E-state index in [1.54, 1.807) is 71.7 Å². The topological polar surface area (TPSA) is 125 Å². The lowest BCUT2D eigenvalue weighted by Gasteiger charge is -2.14. The van der Waals surface area contributed by atoms with Gasteiger partial charge in [-0.15, -0.1) is 0 Å². The first-order valence-electron chi connectivity index (χ1n) is 12.0. The zero-order valence-electron chi connectivity index (χ0n) is 20.9. The number of anilines is 1. The van der Waals surface area contributed by atoms with Crippen LogP contribution in [0, 0.1) is 0 Å². The van der Waals surface area contributed by atoms with Crippen molar-refractivity contribution >= 4 is 38.5 Å². The lowest BCUT2D eigenvalue weighted by atomic mass is 10.1. The second-order valence-electron chi connectivity index (χ2n) is 8.93. The second-order valence-corrected chi connectivity index (χ2v) is 11.1. The lowest BCUT2D eigenvalue weighted by molar-refractivity contribution is 0.607. The van der Waals surface area contributed by atoms with Gasteiger partial charge in [-0.25, -0.2) is 18.4 Å². The number of rotatable bonds is 6. The summed E-state index contributed by atoms with van der Waals surface area (Å²) in [7, 11) is -3.48. The normalized spacial score (nSPS) is 11.6. The number of halogens is 1. The van der Waals surface area contributed by atoms with Crippen LogP contribution >= 0.6 is 11.6 Å². The van der Waals surface area contributed by atoms with Crippen molar-refractivity contribution in [3.63, 3.8) is 0 Å². The molecule has 40 heavy (non-hydrogen) atoms. The van der Waals surface area contributed by atoms with Crippen LogP contribution in [0.3, 0.4) is 0 Å². The van der Waals surface area contributed by atoms with Gasteiger partial charge < -0.3 is 0 Å². The summed E-state index contributed by atoms with van der Waals surface area (Å²) < 4.78 is 29.1. The molecule has 10 nitrogen and oxygen atoms in total. The molecule has 0 saturated carbocycles. The molecule has 0 amide bonds. The molecule has 3 heterocycles. The number of imidazole rings is 1. The Balaban J connectivity index is 1.55. The summed E-state index contributed by atoms with van der Waals surface area (Å²) in [5.41, 5.74) is 3.88. The molecule has 0 spiro atoms. The Hall–Kier alpha value is -4.87. The molecule has 3 aromatic heterocycles. The molecule has 3 aromatic carbocycles. The molecule has 0 bridgehead atoms. The number of nitrogens with one attached hydrogen (secondary N) is 1. The van der Waals surface area contributed by atoms with E-state index in [1.807, 2.05) is 24.3 Å². The third kappa shape index (κ3) is 4.95. The first kappa shape index (κ1) is 25.4. The fourth-order valence-corrected chi connectivity index (χ4v) is 5.02. The van der Waals surface area contributed by atoms with E-state index in [9.17, 15) is 13.2 Å². The van der Waals surface area contributed by atoms with Gasteiger partial charge in [0.1, 0.15) is 12.2 Å². The van der Waals surface area contributed by atoms with Crippen LogP contribution in [0.1, 0.15) is 0 Å². The fraction of sp³-hybridized carbons (Fsp3) is 0.0357. The van der Waals surface area contributed by atoms with E-state index >= 15 is 0 Å². The van der Waals surface area contributed by atoms with Crippen LogP contribution in [-0.2, 0) is 10.0 Å². The molecule has 0 aliphatic heterocycles. The van der Waals surface area contributed by atoms with Crippen molar-refractivity contribution in [1.29, 1.82) is 0 Å². The summed E-state index contributed by atoms with van der Waals surface area (Å²) in [5.74, 6) is 0.387. The SMILES string of the molecule is CS(=O)(=O)Nc1cccc(-n2cnc3c(=O)n(-c4ccc(Cl)cc4)c(-c4ccc(-c5cnccn5)cc4)nc32)c1. The molecule has 0 fully saturated rings. The average molecular weight is 570 g/mol. The molecule has 6 aromatic rings. The molecular weight excluding hydrogens is 550 g/mol. The highest BCUT2D eigenvalue weighted by Crippen LogP contribution is 2.27. The third-order valence-electron chi connectivity index (χ3n) is 6.09.